The van der Waals surface area contributed by atoms with E-state index in [9.17, 15) is 0 Å². The van der Waals surface area contributed by atoms with E-state index in [0.717, 1.165) is 43.6 Å². The van der Waals surface area contributed by atoms with Gasteiger partial charge in [0.2, 0.25) is 0 Å². The Balaban J connectivity index is 1.64. The van der Waals surface area contributed by atoms with Gasteiger partial charge in [-0.3, -0.25) is 5.41 Å². The van der Waals surface area contributed by atoms with E-state index >= 15 is 0 Å². The van der Waals surface area contributed by atoms with Crippen LogP contribution in [0.2, 0.25) is 0 Å². The predicted octanol–water partition coefficient (Wildman–Crippen LogP) is 4.83. The molecule has 1 aliphatic heterocycles. The van der Waals surface area contributed by atoms with Crippen LogP contribution in [-0.2, 0) is 12.8 Å². The van der Waals surface area contributed by atoms with E-state index < -0.39 is 0 Å². The zero-order valence-corrected chi connectivity index (χ0v) is 16.3. The fourth-order valence-corrected chi connectivity index (χ4v) is 3.67. The molecule has 1 heterocycles. The average Bonchev–Trinajstić information content (AvgIpc) is 2.95. The number of aliphatic imine (C=N–C) groups is 1. The third-order valence-corrected chi connectivity index (χ3v) is 5.10. The first-order valence-electron chi connectivity index (χ1n) is 9.90. The van der Waals surface area contributed by atoms with Crippen LogP contribution in [0.3, 0.4) is 0 Å². The molecule has 5 heteroatoms. The number of fused-ring (bicyclic) bond motifs is 2. The van der Waals surface area contributed by atoms with Gasteiger partial charge in [0.25, 0.3) is 0 Å². The Bertz CT molecular complexity index is 1010. The second-order valence-corrected chi connectivity index (χ2v) is 6.99. The summed E-state index contributed by atoms with van der Waals surface area (Å²) in [5.41, 5.74) is 8.57. The van der Waals surface area contributed by atoms with E-state index in [0.29, 0.717) is 0 Å². The van der Waals surface area contributed by atoms with Crippen molar-refractivity contribution in [2.45, 2.75) is 12.8 Å². The fourth-order valence-electron chi connectivity index (χ4n) is 3.67. The fraction of sp³-hybridized carbons (Fsp3) is 0.167. The molecule has 146 valence electrons. The molecular formula is C24H25N5. The molecule has 0 bridgehead atoms. The molecule has 0 spiro atoms. The van der Waals surface area contributed by atoms with E-state index in [1.165, 1.54) is 27.9 Å². The topological polar surface area (TPSA) is 72.3 Å². The molecule has 4 N–H and O–H groups in total. The summed E-state index contributed by atoms with van der Waals surface area (Å²) >= 11 is 0. The van der Waals surface area contributed by atoms with Crippen LogP contribution in [0.5, 0.6) is 0 Å². The number of nitrogens with zero attached hydrogens (tertiary/aromatic N) is 1. The normalized spacial score (nSPS) is 12.4. The number of hydrogen-bond donors (Lipinski definition) is 4. The van der Waals surface area contributed by atoms with Gasteiger partial charge in [-0.15, -0.1) is 0 Å². The van der Waals surface area contributed by atoms with E-state index in [2.05, 4.69) is 81.6 Å². The number of aryl methyl sites for hydroxylation is 2. The number of rotatable bonds is 7. The molecule has 0 aromatic heterocycles. The molecule has 0 radical (unpaired) electrons. The Morgan fingerprint density at radius 3 is 2.55 bits per heavy atom. The van der Waals surface area contributed by atoms with Crippen LogP contribution in [0.15, 0.2) is 71.7 Å². The molecule has 4 rings (SSSR count). The van der Waals surface area contributed by atoms with E-state index in [1.807, 2.05) is 6.07 Å². The smallest absolute Gasteiger partial charge is 0.108 e. The maximum absolute atomic E-state index is 6.91. The predicted molar refractivity (Wildman–Crippen MR) is 123 cm³/mol. The second kappa shape index (κ2) is 9.06. The molecule has 0 aliphatic carbocycles. The van der Waals surface area contributed by atoms with Crippen LogP contribution in [0.1, 0.15) is 11.1 Å². The first kappa shape index (κ1) is 18.7. The third-order valence-electron chi connectivity index (χ3n) is 5.10. The zero-order valence-electron chi connectivity index (χ0n) is 16.3. The summed E-state index contributed by atoms with van der Waals surface area (Å²) in [5, 5.41) is 17.2. The quantitative estimate of drug-likeness (QED) is 0.268. The number of hydrogen-bond acceptors (Lipinski definition) is 3. The Morgan fingerprint density at radius 1 is 0.897 bits per heavy atom. The minimum absolute atomic E-state index is 0.721. The summed E-state index contributed by atoms with van der Waals surface area (Å²) in [5.74, 6) is 0. The number of benzene rings is 3. The summed E-state index contributed by atoms with van der Waals surface area (Å²) in [6, 6.07) is 23.6. The summed E-state index contributed by atoms with van der Waals surface area (Å²) in [4.78, 5) is 3.74. The standard InChI is InChI=1S/C24H25N5/c25-16-27-17-26-12-13-28-24-15-23-20(14-21(24)18-6-2-1-3-7-18)11-10-19-8-4-5-9-22(19)29-23/h1-9,14-17,28-29H,10-13H2,(H2,25,26,27). The van der Waals surface area contributed by atoms with Crippen molar-refractivity contribution in [3.8, 4) is 11.1 Å². The molecule has 0 saturated heterocycles. The Morgan fingerprint density at radius 2 is 1.69 bits per heavy atom. The van der Waals surface area contributed by atoms with Crippen molar-refractivity contribution in [1.82, 2.24) is 5.32 Å². The summed E-state index contributed by atoms with van der Waals surface area (Å²) in [7, 11) is 0. The summed E-state index contributed by atoms with van der Waals surface area (Å²) < 4.78 is 0. The monoisotopic (exact) mass is 383 g/mol. The highest BCUT2D eigenvalue weighted by molar-refractivity contribution is 5.84. The molecule has 0 saturated carbocycles. The van der Waals surface area contributed by atoms with Crippen molar-refractivity contribution < 1.29 is 0 Å². The van der Waals surface area contributed by atoms with Crippen molar-refractivity contribution in [3.63, 3.8) is 0 Å². The van der Waals surface area contributed by atoms with Crippen molar-refractivity contribution >= 4 is 29.7 Å². The first-order chi connectivity index (χ1) is 14.3. The highest BCUT2D eigenvalue weighted by Crippen LogP contribution is 2.37. The van der Waals surface area contributed by atoms with Gasteiger partial charge >= 0.3 is 0 Å². The lowest BCUT2D eigenvalue weighted by atomic mass is 9.97. The van der Waals surface area contributed by atoms with Crippen LogP contribution in [0, 0.1) is 5.41 Å². The molecule has 1 aliphatic rings. The molecule has 0 fully saturated rings. The summed E-state index contributed by atoms with van der Waals surface area (Å²) in [6.45, 7) is 1.47. The van der Waals surface area contributed by atoms with Crippen LogP contribution in [0.4, 0.5) is 17.1 Å². The lowest BCUT2D eigenvalue weighted by molar-refractivity contribution is 0.922. The minimum atomic E-state index is 0.721. The van der Waals surface area contributed by atoms with E-state index in [-0.39, 0.29) is 0 Å². The van der Waals surface area contributed by atoms with Crippen molar-refractivity contribution in [3.05, 3.63) is 77.9 Å². The number of anilines is 3. The van der Waals surface area contributed by atoms with Crippen LogP contribution < -0.4 is 16.0 Å². The Labute approximate surface area is 171 Å². The van der Waals surface area contributed by atoms with E-state index in [4.69, 9.17) is 5.41 Å². The first-order valence-corrected chi connectivity index (χ1v) is 9.90. The van der Waals surface area contributed by atoms with E-state index in [1.54, 1.807) is 6.34 Å². The highest BCUT2D eigenvalue weighted by Gasteiger charge is 2.16. The van der Waals surface area contributed by atoms with Gasteiger partial charge in [-0.05, 0) is 47.7 Å². The average molecular weight is 383 g/mol. The molecule has 5 nitrogen and oxygen atoms in total. The largest absolute Gasteiger partial charge is 0.383 e. The minimum Gasteiger partial charge on any atom is -0.383 e. The van der Waals surface area contributed by atoms with Crippen LogP contribution >= 0.6 is 0 Å². The van der Waals surface area contributed by atoms with Gasteiger partial charge in [-0.1, -0.05) is 48.5 Å². The third kappa shape index (κ3) is 4.46. The van der Waals surface area contributed by atoms with Gasteiger partial charge in [0.1, 0.15) is 6.34 Å². The molecule has 29 heavy (non-hydrogen) atoms. The molecule has 0 unspecified atom stereocenters. The van der Waals surface area contributed by atoms with Gasteiger partial charge in [0, 0.05) is 35.7 Å². The van der Waals surface area contributed by atoms with Crippen LogP contribution in [0.25, 0.3) is 11.1 Å². The lowest BCUT2D eigenvalue weighted by Crippen LogP contribution is -2.21. The zero-order chi connectivity index (χ0) is 19.9. The Kier molecular flexibility index (Phi) is 5.86. The van der Waals surface area contributed by atoms with Gasteiger partial charge in [-0.25, -0.2) is 4.99 Å². The summed E-state index contributed by atoms with van der Waals surface area (Å²) in [6.07, 6.45) is 4.61. The Hall–Kier alpha value is -3.60. The van der Waals surface area contributed by atoms with Crippen LogP contribution in [-0.4, -0.2) is 25.8 Å². The molecule has 3 aromatic rings. The van der Waals surface area contributed by atoms with Crippen molar-refractivity contribution in [2.24, 2.45) is 4.99 Å². The van der Waals surface area contributed by atoms with Gasteiger partial charge < -0.3 is 16.0 Å². The maximum Gasteiger partial charge on any atom is 0.108 e. The molecule has 0 amide bonds. The van der Waals surface area contributed by atoms with Gasteiger partial charge in [-0.2, -0.15) is 0 Å². The number of para-hydroxylation sites is 1. The van der Waals surface area contributed by atoms with Crippen molar-refractivity contribution in [1.29, 1.82) is 5.41 Å². The highest BCUT2D eigenvalue weighted by atomic mass is 15.0. The number of nitrogens with one attached hydrogen (secondary N) is 4. The molecule has 3 aromatic carbocycles. The molecule has 0 atom stereocenters. The molecular weight excluding hydrogens is 358 g/mol. The van der Waals surface area contributed by atoms with Gasteiger partial charge in [0.05, 0.1) is 6.34 Å². The second-order valence-electron chi connectivity index (χ2n) is 6.99. The maximum atomic E-state index is 6.91. The lowest BCUT2D eigenvalue weighted by Gasteiger charge is -2.18. The van der Waals surface area contributed by atoms with Gasteiger partial charge in [0.15, 0.2) is 0 Å². The van der Waals surface area contributed by atoms with Crippen molar-refractivity contribution in [2.75, 3.05) is 23.7 Å². The SMILES string of the molecule is N=C/N=C\NCCNc1cc2c(cc1-c1ccccc1)CCc1ccccc1N2.